The fourth-order valence-corrected chi connectivity index (χ4v) is 3.08. The van der Waals surface area contributed by atoms with E-state index in [1.165, 1.54) is 6.07 Å². The number of thioether (sulfide) groups is 1. The molecule has 4 heteroatoms. The van der Waals surface area contributed by atoms with E-state index in [-0.39, 0.29) is 5.82 Å². The van der Waals surface area contributed by atoms with Gasteiger partial charge in [0.2, 0.25) is 0 Å². The molecule has 0 aromatic heterocycles. The zero-order valence-corrected chi connectivity index (χ0v) is 10.3. The Morgan fingerprint density at radius 2 is 2.31 bits per heavy atom. The highest BCUT2D eigenvalue weighted by Crippen LogP contribution is 2.20. The molecule has 2 N–H and O–H groups in total. The van der Waals surface area contributed by atoms with Gasteiger partial charge in [0.15, 0.2) is 0 Å². The lowest BCUT2D eigenvalue weighted by Gasteiger charge is -2.33. The second-order valence-electron chi connectivity index (χ2n) is 4.29. The summed E-state index contributed by atoms with van der Waals surface area (Å²) in [7, 11) is 0. The molecule has 0 radical (unpaired) electrons. The molecular formula is C12H17FN2S. The van der Waals surface area contributed by atoms with E-state index in [0.29, 0.717) is 11.7 Å². The average molecular weight is 240 g/mol. The molecule has 1 atom stereocenters. The maximum atomic E-state index is 13.2. The van der Waals surface area contributed by atoms with Gasteiger partial charge in [0.05, 0.1) is 0 Å². The van der Waals surface area contributed by atoms with E-state index in [1.807, 2.05) is 17.8 Å². The first-order valence-corrected chi connectivity index (χ1v) is 6.67. The molecule has 1 aliphatic rings. The number of hydrogen-bond donors (Lipinski definition) is 1. The van der Waals surface area contributed by atoms with Crippen molar-refractivity contribution in [1.82, 2.24) is 4.90 Å². The molecule has 1 aromatic rings. The Kier molecular flexibility index (Phi) is 3.71. The van der Waals surface area contributed by atoms with Gasteiger partial charge in [-0.25, -0.2) is 4.39 Å². The molecular weight excluding hydrogens is 223 g/mol. The van der Waals surface area contributed by atoms with E-state index in [1.54, 1.807) is 6.07 Å². The summed E-state index contributed by atoms with van der Waals surface area (Å²) in [5.41, 5.74) is 7.11. The molecule has 1 aliphatic heterocycles. The normalized spacial score (nSPS) is 22.2. The Labute approximate surface area is 100 Å². The Morgan fingerprint density at radius 3 is 3.00 bits per heavy atom. The minimum Gasteiger partial charge on any atom is -0.399 e. The fraction of sp³-hybridized carbons (Fsp3) is 0.500. The van der Waals surface area contributed by atoms with Crippen molar-refractivity contribution in [3.63, 3.8) is 0 Å². The van der Waals surface area contributed by atoms with Gasteiger partial charge in [0.25, 0.3) is 0 Å². The number of halogens is 1. The van der Waals surface area contributed by atoms with Crippen molar-refractivity contribution >= 4 is 17.4 Å². The smallest absolute Gasteiger partial charge is 0.125 e. The number of nitrogen functional groups attached to an aromatic ring is 1. The minimum absolute atomic E-state index is 0.242. The van der Waals surface area contributed by atoms with Gasteiger partial charge in [-0.15, -0.1) is 0 Å². The number of nitrogens with two attached hydrogens (primary N) is 1. The molecule has 1 aromatic carbocycles. The number of rotatable bonds is 2. The average Bonchev–Trinajstić information content (AvgIpc) is 2.20. The third-order valence-corrected chi connectivity index (χ3v) is 4.06. The summed E-state index contributed by atoms with van der Waals surface area (Å²) in [4.78, 5) is 2.38. The number of nitrogens with zero attached hydrogens (tertiary/aromatic N) is 1. The van der Waals surface area contributed by atoms with Crippen molar-refractivity contribution in [1.29, 1.82) is 0 Å². The summed E-state index contributed by atoms with van der Waals surface area (Å²) in [5, 5.41) is 0. The molecule has 2 rings (SSSR count). The van der Waals surface area contributed by atoms with Crippen LogP contribution in [0.3, 0.4) is 0 Å². The van der Waals surface area contributed by atoms with Crippen molar-refractivity contribution < 1.29 is 4.39 Å². The maximum Gasteiger partial charge on any atom is 0.125 e. The first-order valence-electron chi connectivity index (χ1n) is 5.52. The summed E-state index contributed by atoms with van der Waals surface area (Å²) in [5.74, 6) is 2.08. The Balaban J connectivity index is 2.07. The first kappa shape index (κ1) is 11.7. The zero-order chi connectivity index (χ0) is 11.5. The highest BCUT2D eigenvalue weighted by Gasteiger charge is 2.18. The predicted octanol–water partition coefficient (Wildman–Crippen LogP) is 2.35. The van der Waals surface area contributed by atoms with Crippen molar-refractivity contribution in [2.45, 2.75) is 19.5 Å². The van der Waals surface area contributed by atoms with Crippen LogP contribution < -0.4 is 5.73 Å². The van der Waals surface area contributed by atoms with Crippen molar-refractivity contribution in [2.24, 2.45) is 0 Å². The quantitative estimate of drug-likeness (QED) is 0.805. The largest absolute Gasteiger partial charge is 0.399 e. The summed E-state index contributed by atoms with van der Waals surface area (Å²) >= 11 is 1.98. The van der Waals surface area contributed by atoms with E-state index >= 15 is 0 Å². The monoisotopic (exact) mass is 240 g/mol. The molecule has 1 unspecified atom stereocenters. The fourth-order valence-electron chi connectivity index (χ4n) is 2.00. The van der Waals surface area contributed by atoms with Crippen LogP contribution in [0, 0.1) is 5.82 Å². The first-order chi connectivity index (χ1) is 7.65. The highest BCUT2D eigenvalue weighted by molar-refractivity contribution is 7.99. The van der Waals surface area contributed by atoms with Gasteiger partial charge in [0, 0.05) is 36.3 Å². The van der Waals surface area contributed by atoms with Gasteiger partial charge in [-0.3, -0.25) is 4.90 Å². The van der Waals surface area contributed by atoms with E-state index in [2.05, 4.69) is 11.8 Å². The van der Waals surface area contributed by atoms with Crippen LogP contribution in [-0.2, 0) is 6.54 Å². The molecule has 16 heavy (non-hydrogen) atoms. The lowest BCUT2D eigenvalue weighted by atomic mass is 10.1. The molecule has 0 saturated carbocycles. The second-order valence-corrected chi connectivity index (χ2v) is 5.44. The summed E-state index contributed by atoms with van der Waals surface area (Å²) in [6, 6.07) is 5.35. The second kappa shape index (κ2) is 5.06. The lowest BCUT2D eigenvalue weighted by molar-refractivity contribution is 0.223. The Hall–Kier alpha value is -0.740. The number of benzene rings is 1. The van der Waals surface area contributed by atoms with E-state index in [9.17, 15) is 4.39 Å². The summed E-state index contributed by atoms with van der Waals surface area (Å²) in [6.07, 6.45) is 0. The maximum absolute atomic E-state index is 13.2. The van der Waals surface area contributed by atoms with Crippen LogP contribution in [0.5, 0.6) is 0 Å². The van der Waals surface area contributed by atoms with Gasteiger partial charge in [0.1, 0.15) is 5.82 Å². The Bertz CT molecular complexity index is 350. The number of hydrogen-bond acceptors (Lipinski definition) is 3. The van der Waals surface area contributed by atoms with Gasteiger partial charge in [-0.1, -0.05) is 0 Å². The Morgan fingerprint density at radius 1 is 1.50 bits per heavy atom. The SMILES string of the molecule is CC1CSCCN1Cc1cc(N)cc(F)c1. The standard InChI is InChI=1S/C12H17FN2S/c1-9-8-16-3-2-15(9)7-10-4-11(13)6-12(14)5-10/h4-6,9H,2-3,7-8,14H2,1H3. The van der Waals surface area contributed by atoms with E-state index in [4.69, 9.17) is 5.73 Å². The van der Waals surface area contributed by atoms with Gasteiger partial charge >= 0.3 is 0 Å². The van der Waals surface area contributed by atoms with E-state index < -0.39 is 0 Å². The topological polar surface area (TPSA) is 29.3 Å². The van der Waals surface area contributed by atoms with Crippen molar-refractivity contribution in [2.75, 3.05) is 23.8 Å². The zero-order valence-electron chi connectivity index (χ0n) is 9.45. The number of anilines is 1. The molecule has 1 heterocycles. The molecule has 88 valence electrons. The van der Waals surface area contributed by atoms with Crippen LogP contribution in [0.15, 0.2) is 18.2 Å². The molecule has 0 amide bonds. The molecule has 0 aliphatic carbocycles. The minimum atomic E-state index is -0.242. The molecule has 2 nitrogen and oxygen atoms in total. The molecule has 0 bridgehead atoms. The van der Waals surface area contributed by atoms with E-state index in [0.717, 1.165) is 30.2 Å². The van der Waals surface area contributed by atoms with Crippen LogP contribution in [0.4, 0.5) is 10.1 Å². The molecule has 1 fully saturated rings. The lowest BCUT2D eigenvalue weighted by Crippen LogP contribution is -2.39. The summed E-state index contributed by atoms with van der Waals surface area (Å²) in [6.45, 7) is 4.08. The molecule has 0 spiro atoms. The van der Waals surface area contributed by atoms with Crippen LogP contribution in [0.25, 0.3) is 0 Å². The van der Waals surface area contributed by atoms with Crippen molar-refractivity contribution in [3.05, 3.63) is 29.6 Å². The third kappa shape index (κ3) is 2.89. The molecule has 1 saturated heterocycles. The van der Waals surface area contributed by atoms with Crippen LogP contribution in [-0.4, -0.2) is 29.0 Å². The highest BCUT2D eigenvalue weighted by atomic mass is 32.2. The van der Waals surface area contributed by atoms with Gasteiger partial charge in [-0.2, -0.15) is 11.8 Å². The summed E-state index contributed by atoms with van der Waals surface area (Å²) < 4.78 is 13.2. The van der Waals surface area contributed by atoms with Crippen LogP contribution in [0.2, 0.25) is 0 Å². The van der Waals surface area contributed by atoms with Gasteiger partial charge in [-0.05, 0) is 30.7 Å². The van der Waals surface area contributed by atoms with Gasteiger partial charge < -0.3 is 5.73 Å². The van der Waals surface area contributed by atoms with Crippen LogP contribution in [0.1, 0.15) is 12.5 Å². The van der Waals surface area contributed by atoms with Crippen molar-refractivity contribution in [3.8, 4) is 0 Å². The predicted molar refractivity (Wildman–Crippen MR) is 68.0 cm³/mol. The third-order valence-electron chi connectivity index (χ3n) is 2.87. The van der Waals surface area contributed by atoms with Crippen LogP contribution >= 0.6 is 11.8 Å².